The zero-order chi connectivity index (χ0) is 27.2. The number of rotatable bonds is 11. The average Bonchev–Trinajstić information content (AvgIpc) is 3.44. The first kappa shape index (κ1) is 27.4. The van der Waals surface area contributed by atoms with Gasteiger partial charge in [-0.2, -0.15) is 0 Å². The summed E-state index contributed by atoms with van der Waals surface area (Å²) in [5.41, 5.74) is 2.38. The van der Waals surface area contributed by atoms with Gasteiger partial charge in [-0.15, -0.1) is 5.10 Å². The van der Waals surface area contributed by atoms with Gasteiger partial charge in [-0.25, -0.2) is 13.9 Å². The fourth-order valence-electron chi connectivity index (χ4n) is 4.17. The highest BCUT2D eigenvalue weighted by Crippen LogP contribution is 2.36. The molecule has 1 aliphatic rings. The molecule has 12 nitrogen and oxygen atoms in total. The van der Waals surface area contributed by atoms with E-state index < -0.39 is 20.5 Å². The number of ether oxygens (including phenoxy) is 3. The van der Waals surface area contributed by atoms with E-state index in [4.69, 9.17) is 23.8 Å². The molecule has 2 N–H and O–H groups in total. The van der Waals surface area contributed by atoms with Gasteiger partial charge in [0.1, 0.15) is 11.5 Å². The van der Waals surface area contributed by atoms with Crippen LogP contribution in [0, 0.1) is 0 Å². The van der Waals surface area contributed by atoms with Crippen LogP contribution in [0.3, 0.4) is 0 Å². The molecular formula is C25H30N4O8S. The third kappa shape index (κ3) is 5.59. The molecule has 204 valence electrons. The van der Waals surface area contributed by atoms with Crippen molar-refractivity contribution in [3.63, 3.8) is 0 Å². The number of hydrogen-bond acceptors (Lipinski definition) is 11. The summed E-state index contributed by atoms with van der Waals surface area (Å²) in [5.74, 6) is 0.735. The molecule has 2 aromatic carbocycles. The van der Waals surface area contributed by atoms with Crippen LogP contribution in [0.5, 0.6) is 11.5 Å². The molecule has 0 bridgehead atoms. The molecule has 0 spiro atoms. The number of carbonyl (C=O) groups is 1. The van der Waals surface area contributed by atoms with Gasteiger partial charge < -0.3 is 18.6 Å². The van der Waals surface area contributed by atoms with Crippen LogP contribution in [-0.4, -0.2) is 68.5 Å². The Morgan fingerprint density at radius 3 is 2.37 bits per heavy atom. The number of aromatic nitrogens is 2. The second kappa shape index (κ2) is 11.8. The number of methoxy groups -OCH3 is 1. The zero-order valence-corrected chi connectivity index (χ0v) is 21.9. The maximum absolute atomic E-state index is 13.3. The van der Waals surface area contributed by atoms with Gasteiger partial charge in [0.25, 0.3) is 5.91 Å². The van der Waals surface area contributed by atoms with Crippen molar-refractivity contribution in [1.82, 2.24) is 15.7 Å². The summed E-state index contributed by atoms with van der Waals surface area (Å²) >= 11 is 0. The van der Waals surface area contributed by atoms with Crippen molar-refractivity contribution < 1.29 is 37.0 Å². The zero-order valence-electron chi connectivity index (χ0n) is 21.1. The van der Waals surface area contributed by atoms with Crippen LogP contribution in [0.25, 0.3) is 0 Å². The standard InChI is InChI=1S/C25H30N4O8S/c1-29(18-5-7-19(34-2)8-6-18)24-27-26-22(37-24)4-3-15-36-20-9-11-21(12-10-20)38(32,33)25(23(30)28-31)13-16-35-17-14-25/h5-12,31H,3-4,13-17H2,1-2H3,(H,28,30). The molecule has 1 aromatic heterocycles. The van der Waals surface area contributed by atoms with E-state index in [9.17, 15) is 13.2 Å². The van der Waals surface area contributed by atoms with Crippen LogP contribution in [0.1, 0.15) is 25.2 Å². The SMILES string of the molecule is COc1ccc(N(C)c2nnc(CCCOc3ccc(S(=O)(=O)C4(C(=O)NO)CCOCC4)cc3)o2)cc1. The van der Waals surface area contributed by atoms with Crippen molar-refractivity contribution in [2.24, 2.45) is 0 Å². The monoisotopic (exact) mass is 546 g/mol. The van der Waals surface area contributed by atoms with Crippen molar-refractivity contribution in [3.8, 4) is 11.5 Å². The van der Waals surface area contributed by atoms with E-state index in [1.165, 1.54) is 29.7 Å². The number of hydrogen-bond donors (Lipinski definition) is 2. The lowest BCUT2D eigenvalue weighted by molar-refractivity contribution is -0.134. The Morgan fingerprint density at radius 2 is 1.74 bits per heavy atom. The molecule has 3 aromatic rings. The van der Waals surface area contributed by atoms with E-state index in [0.29, 0.717) is 37.1 Å². The Morgan fingerprint density at radius 1 is 1.08 bits per heavy atom. The number of aryl methyl sites for hydroxylation is 1. The van der Waals surface area contributed by atoms with Gasteiger partial charge in [0.15, 0.2) is 14.6 Å². The summed E-state index contributed by atoms with van der Waals surface area (Å²) in [7, 11) is -0.654. The smallest absolute Gasteiger partial charge is 0.322 e. The summed E-state index contributed by atoms with van der Waals surface area (Å²) < 4.78 is 46.7. The van der Waals surface area contributed by atoms with Crippen LogP contribution in [0.2, 0.25) is 0 Å². The van der Waals surface area contributed by atoms with E-state index in [0.717, 1.165) is 11.4 Å². The predicted octanol–water partition coefficient (Wildman–Crippen LogP) is 2.69. The Bertz CT molecular complexity index is 1320. The van der Waals surface area contributed by atoms with E-state index in [2.05, 4.69) is 10.2 Å². The highest BCUT2D eigenvalue weighted by atomic mass is 32.2. The minimum Gasteiger partial charge on any atom is -0.497 e. The number of nitrogens with zero attached hydrogens (tertiary/aromatic N) is 3. The van der Waals surface area contributed by atoms with Crippen LogP contribution >= 0.6 is 0 Å². The van der Waals surface area contributed by atoms with Crippen molar-refractivity contribution in [2.75, 3.05) is 38.9 Å². The lowest BCUT2D eigenvalue weighted by Gasteiger charge is -2.34. The van der Waals surface area contributed by atoms with Gasteiger partial charge in [-0.1, -0.05) is 5.10 Å². The van der Waals surface area contributed by atoms with Crippen LogP contribution < -0.4 is 19.9 Å². The van der Waals surface area contributed by atoms with Gasteiger partial charge in [0.2, 0.25) is 5.89 Å². The quantitative estimate of drug-likeness (QED) is 0.207. The van der Waals surface area contributed by atoms with Gasteiger partial charge in [-0.3, -0.25) is 14.9 Å². The summed E-state index contributed by atoms with van der Waals surface area (Å²) in [4.78, 5) is 14.1. The van der Waals surface area contributed by atoms with E-state index >= 15 is 0 Å². The summed E-state index contributed by atoms with van der Waals surface area (Å²) in [5, 5.41) is 17.3. The predicted molar refractivity (Wildman–Crippen MR) is 136 cm³/mol. The second-order valence-electron chi connectivity index (χ2n) is 8.71. The number of benzene rings is 2. The Hall–Kier alpha value is -3.68. The van der Waals surface area contributed by atoms with Crippen molar-refractivity contribution >= 4 is 27.4 Å². The molecule has 4 rings (SSSR count). The normalized spacial score (nSPS) is 15.0. The average molecular weight is 547 g/mol. The first-order valence-electron chi connectivity index (χ1n) is 12.0. The molecule has 0 aliphatic carbocycles. The third-order valence-electron chi connectivity index (χ3n) is 6.47. The number of anilines is 2. The van der Waals surface area contributed by atoms with Crippen LogP contribution in [0.15, 0.2) is 57.8 Å². The molecule has 0 unspecified atom stereocenters. The van der Waals surface area contributed by atoms with E-state index in [1.807, 2.05) is 31.3 Å². The Kier molecular flexibility index (Phi) is 8.49. The second-order valence-corrected chi connectivity index (χ2v) is 11.0. The Labute approximate surface area is 220 Å². The number of nitrogens with one attached hydrogen (secondary N) is 1. The molecule has 2 heterocycles. The molecule has 1 aliphatic heterocycles. The van der Waals surface area contributed by atoms with Crippen LogP contribution in [0.4, 0.5) is 11.7 Å². The van der Waals surface area contributed by atoms with Crippen molar-refractivity contribution in [2.45, 2.75) is 35.3 Å². The van der Waals surface area contributed by atoms with E-state index in [-0.39, 0.29) is 31.0 Å². The third-order valence-corrected chi connectivity index (χ3v) is 8.99. The molecule has 0 saturated carbocycles. The highest BCUT2D eigenvalue weighted by molar-refractivity contribution is 7.93. The number of carbonyl (C=O) groups excluding carboxylic acids is 1. The van der Waals surface area contributed by atoms with E-state index in [1.54, 1.807) is 12.0 Å². The number of hydroxylamine groups is 1. The number of amides is 1. The molecule has 1 saturated heterocycles. The lowest BCUT2D eigenvalue weighted by atomic mass is 9.98. The maximum atomic E-state index is 13.3. The molecule has 38 heavy (non-hydrogen) atoms. The minimum atomic E-state index is -4.09. The lowest BCUT2D eigenvalue weighted by Crippen LogP contribution is -2.54. The summed E-state index contributed by atoms with van der Waals surface area (Å²) in [6.45, 7) is 0.548. The summed E-state index contributed by atoms with van der Waals surface area (Å²) in [6, 6.07) is 13.7. The molecule has 13 heteroatoms. The van der Waals surface area contributed by atoms with Crippen molar-refractivity contribution in [1.29, 1.82) is 0 Å². The fourth-order valence-corrected chi connectivity index (χ4v) is 6.11. The largest absolute Gasteiger partial charge is 0.497 e. The molecule has 1 amide bonds. The molecule has 0 radical (unpaired) electrons. The molecular weight excluding hydrogens is 516 g/mol. The number of sulfone groups is 1. The first-order valence-corrected chi connectivity index (χ1v) is 13.5. The highest BCUT2D eigenvalue weighted by Gasteiger charge is 2.52. The minimum absolute atomic E-state index is 0.0327. The first-order chi connectivity index (χ1) is 18.3. The topological polar surface area (TPSA) is 153 Å². The Balaban J connectivity index is 1.31. The molecule has 0 atom stereocenters. The van der Waals surface area contributed by atoms with Gasteiger partial charge in [0.05, 0.1) is 18.6 Å². The van der Waals surface area contributed by atoms with Gasteiger partial charge in [-0.05, 0) is 67.8 Å². The van der Waals surface area contributed by atoms with Crippen molar-refractivity contribution in [3.05, 3.63) is 54.4 Å². The molecule has 1 fully saturated rings. The van der Waals surface area contributed by atoms with Crippen LogP contribution in [-0.2, 0) is 25.8 Å². The summed E-state index contributed by atoms with van der Waals surface area (Å²) in [6.07, 6.45) is 0.991. The van der Waals surface area contributed by atoms with Gasteiger partial charge in [0, 0.05) is 32.4 Å². The maximum Gasteiger partial charge on any atom is 0.322 e. The van der Waals surface area contributed by atoms with Gasteiger partial charge >= 0.3 is 6.01 Å². The fraction of sp³-hybridized carbons (Fsp3) is 0.400.